The molecule has 0 aromatic heterocycles. The number of hydroxylamine groups is 2. The molecule has 0 N–H and O–H groups in total. The third kappa shape index (κ3) is 1.66. The summed E-state index contributed by atoms with van der Waals surface area (Å²) >= 11 is 0. The van der Waals surface area contributed by atoms with Crippen LogP contribution in [0.25, 0.3) is 0 Å². The summed E-state index contributed by atoms with van der Waals surface area (Å²) in [5.41, 5.74) is 0. The van der Waals surface area contributed by atoms with E-state index < -0.39 is 0 Å². The van der Waals surface area contributed by atoms with E-state index in [1.165, 1.54) is 11.5 Å². The van der Waals surface area contributed by atoms with E-state index in [0.717, 1.165) is 13.0 Å². The quantitative estimate of drug-likeness (QED) is 0.495. The highest BCUT2D eigenvalue weighted by molar-refractivity contribution is 4.76. The maximum Gasteiger partial charge on any atom is -0.00548 e. The lowest BCUT2D eigenvalue weighted by molar-refractivity contribution is 0.183. The summed E-state index contributed by atoms with van der Waals surface area (Å²) in [6.07, 6.45) is 2.30. The molecule has 2 heteroatoms. The summed E-state index contributed by atoms with van der Waals surface area (Å²) in [5, 5.41) is 12.1. The zero-order valence-corrected chi connectivity index (χ0v) is 6.13. The molecule has 2 nitrogen and oxygen atoms in total. The van der Waals surface area contributed by atoms with Crippen molar-refractivity contribution in [2.45, 2.75) is 32.7 Å². The Morgan fingerprint density at radius 3 is 2.44 bits per heavy atom. The molecule has 1 heterocycles. The molecule has 1 aliphatic heterocycles. The normalized spacial score (nSPS) is 39.0. The fraction of sp³-hybridized carbons (Fsp3) is 1.00. The van der Waals surface area contributed by atoms with Crippen LogP contribution in [0.4, 0.5) is 0 Å². The van der Waals surface area contributed by atoms with Gasteiger partial charge in [-0.2, -0.15) is 0 Å². The number of nitrogens with zero attached hydrogens (tertiary/aromatic N) is 1. The molecule has 54 valence electrons. The summed E-state index contributed by atoms with van der Waals surface area (Å²) < 4.78 is 0. The second kappa shape index (κ2) is 2.67. The molecule has 1 rings (SSSR count). The van der Waals surface area contributed by atoms with Crippen molar-refractivity contribution >= 4 is 0 Å². The van der Waals surface area contributed by atoms with Gasteiger partial charge in [0.15, 0.2) is 0 Å². The Kier molecular flexibility index (Phi) is 2.09. The smallest absolute Gasteiger partial charge is 0.00548 e. The van der Waals surface area contributed by atoms with Gasteiger partial charge in [-0.3, -0.25) is 0 Å². The predicted molar refractivity (Wildman–Crippen MR) is 37.9 cm³/mol. The van der Waals surface area contributed by atoms with Crippen molar-refractivity contribution in [1.29, 1.82) is 0 Å². The molecule has 2 atom stereocenters. The minimum absolute atomic E-state index is 0.265. The third-order valence-electron chi connectivity index (χ3n) is 2.06. The van der Waals surface area contributed by atoms with Gasteiger partial charge in [-0.1, -0.05) is 13.8 Å². The molecule has 0 radical (unpaired) electrons. The van der Waals surface area contributed by atoms with E-state index in [9.17, 15) is 5.21 Å². The number of hydrogen-bond donors (Lipinski definition) is 0. The van der Waals surface area contributed by atoms with E-state index in [0.29, 0.717) is 5.92 Å². The lowest BCUT2D eigenvalue weighted by Crippen LogP contribution is -2.36. The minimum Gasteiger partial charge on any atom is -0.785 e. The van der Waals surface area contributed by atoms with Crippen molar-refractivity contribution in [2.24, 2.45) is 5.92 Å². The highest BCUT2D eigenvalue weighted by atomic mass is 16.5. The second-order valence-electron chi connectivity index (χ2n) is 3.13. The van der Waals surface area contributed by atoms with E-state index in [1.807, 2.05) is 6.92 Å². The number of piperidine rings is 1. The summed E-state index contributed by atoms with van der Waals surface area (Å²) in [5.74, 6) is 0.610. The molecular formula is C7H14NO-. The van der Waals surface area contributed by atoms with Crippen LogP contribution in [0.5, 0.6) is 0 Å². The van der Waals surface area contributed by atoms with Gasteiger partial charge in [0.25, 0.3) is 0 Å². The molecule has 0 aliphatic carbocycles. The zero-order valence-electron chi connectivity index (χ0n) is 6.13. The van der Waals surface area contributed by atoms with Crippen molar-refractivity contribution in [3.05, 3.63) is 5.21 Å². The lowest BCUT2D eigenvalue weighted by atomic mass is 9.97. The number of rotatable bonds is 0. The molecule has 0 amide bonds. The summed E-state index contributed by atoms with van der Waals surface area (Å²) in [6, 6.07) is 0.265. The first-order chi connectivity index (χ1) is 4.20. The highest BCUT2D eigenvalue weighted by Crippen LogP contribution is 2.19. The van der Waals surface area contributed by atoms with Crippen molar-refractivity contribution < 1.29 is 0 Å². The second-order valence-corrected chi connectivity index (χ2v) is 3.13. The van der Waals surface area contributed by atoms with E-state index >= 15 is 0 Å². The molecule has 0 aromatic carbocycles. The SMILES string of the molecule is CC1CCC(C)N([O-])C1. The van der Waals surface area contributed by atoms with Crippen molar-refractivity contribution in [2.75, 3.05) is 6.54 Å². The van der Waals surface area contributed by atoms with Gasteiger partial charge >= 0.3 is 0 Å². The highest BCUT2D eigenvalue weighted by Gasteiger charge is 2.14. The van der Waals surface area contributed by atoms with E-state index in [1.54, 1.807) is 0 Å². The average molecular weight is 128 g/mol. The molecule has 0 saturated carbocycles. The van der Waals surface area contributed by atoms with E-state index in [-0.39, 0.29) is 6.04 Å². The van der Waals surface area contributed by atoms with Crippen LogP contribution in [0.2, 0.25) is 0 Å². The first-order valence-corrected chi connectivity index (χ1v) is 3.64. The standard InChI is InChI=1S/C7H14NO/c1-6-3-4-7(2)8(9)5-6/h6-7H,3-5H2,1-2H3/q-1. The van der Waals surface area contributed by atoms with Crippen molar-refractivity contribution in [3.8, 4) is 0 Å². The van der Waals surface area contributed by atoms with Gasteiger partial charge < -0.3 is 10.3 Å². The third-order valence-corrected chi connectivity index (χ3v) is 2.06. The van der Waals surface area contributed by atoms with Gasteiger partial charge in [-0.05, 0) is 31.3 Å². The number of hydrogen-bond acceptors (Lipinski definition) is 2. The van der Waals surface area contributed by atoms with Gasteiger partial charge in [-0.25, -0.2) is 0 Å². The maximum atomic E-state index is 10.9. The molecule has 1 aliphatic rings. The Balaban J connectivity index is 2.35. The largest absolute Gasteiger partial charge is 0.785 e. The van der Waals surface area contributed by atoms with Crippen LogP contribution in [-0.2, 0) is 0 Å². The maximum absolute atomic E-state index is 10.9. The Bertz CT molecular complexity index is 94.9. The molecule has 2 unspecified atom stereocenters. The van der Waals surface area contributed by atoms with Crippen LogP contribution in [0, 0.1) is 11.1 Å². The predicted octanol–water partition coefficient (Wildman–Crippen LogP) is 1.60. The molecule has 0 aromatic rings. The fourth-order valence-corrected chi connectivity index (χ4v) is 1.25. The molecule has 9 heavy (non-hydrogen) atoms. The van der Waals surface area contributed by atoms with Crippen LogP contribution in [0.1, 0.15) is 26.7 Å². The van der Waals surface area contributed by atoms with Crippen LogP contribution >= 0.6 is 0 Å². The Labute approximate surface area is 56.4 Å². The van der Waals surface area contributed by atoms with Crippen molar-refractivity contribution in [3.63, 3.8) is 0 Å². The first kappa shape index (κ1) is 7.03. The zero-order chi connectivity index (χ0) is 6.85. The fourth-order valence-electron chi connectivity index (χ4n) is 1.25. The van der Waals surface area contributed by atoms with E-state index in [4.69, 9.17) is 0 Å². The molecule has 0 bridgehead atoms. The summed E-state index contributed by atoms with van der Waals surface area (Å²) in [7, 11) is 0. The van der Waals surface area contributed by atoms with Crippen LogP contribution in [0.3, 0.4) is 0 Å². The van der Waals surface area contributed by atoms with Gasteiger partial charge in [-0.15, -0.1) is 0 Å². The first-order valence-electron chi connectivity index (χ1n) is 3.64. The average Bonchev–Trinajstić information content (AvgIpc) is 1.80. The molecule has 1 fully saturated rings. The Hall–Kier alpha value is -0.0800. The molecular weight excluding hydrogens is 114 g/mol. The molecule has 0 spiro atoms. The summed E-state index contributed by atoms with van der Waals surface area (Å²) in [4.78, 5) is 0. The summed E-state index contributed by atoms with van der Waals surface area (Å²) in [6.45, 7) is 4.87. The van der Waals surface area contributed by atoms with Crippen LogP contribution < -0.4 is 0 Å². The van der Waals surface area contributed by atoms with Crippen LogP contribution in [-0.4, -0.2) is 17.6 Å². The van der Waals surface area contributed by atoms with Gasteiger partial charge in [0.2, 0.25) is 0 Å². The topological polar surface area (TPSA) is 26.3 Å². The monoisotopic (exact) mass is 128 g/mol. The minimum atomic E-state index is 0.265. The van der Waals surface area contributed by atoms with Crippen molar-refractivity contribution in [1.82, 2.24) is 5.06 Å². The molecule has 1 saturated heterocycles. The lowest BCUT2D eigenvalue weighted by Gasteiger charge is -2.41. The van der Waals surface area contributed by atoms with Gasteiger partial charge in [0.1, 0.15) is 0 Å². The Morgan fingerprint density at radius 2 is 2.00 bits per heavy atom. The Morgan fingerprint density at radius 1 is 1.33 bits per heavy atom. The van der Waals surface area contributed by atoms with Gasteiger partial charge in [0, 0.05) is 0 Å². The van der Waals surface area contributed by atoms with Crippen LogP contribution in [0.15, 0.2) is 0 Å². The van der Waals surface area contributed by atoms with E-state index in [2.05, 4.69) is 6.92 Å². The van der Waals surface area contributed by atoms with Gasteiger partial charge in [0.05, 0.1) is 0 Å².